The van der Waals surface area contributed by atoms with Crippen molar-refractivity contribution in [1.82, 2.24) is 9.97 Å². The summed E-state index contributed by atoms with van der Waals surface area (Å²) in [5, 5.41) is 24.4. The summed E-state index contributed by atoms with van der Waals surface area (Å²) in [5.41, 5.74) is 4.68. The molecule has 0 amide bonds. The van der Waals surface area contributed by atoms with Crippen LogP contribution in [0.25, 0.3) is 10.2 Å². The van der Waals surface area contributed by atoms with E-state index in [4.69, 9.17) is 0 Å². The quantitative estimate of drug-likeness (QED) is 0.391. The molecular weight excluding hydrogens is 312 g/mol. The predicted octanol–water partition coefficient (Wildman–Crippen LogP) is 3.04. The maximum atomic E-state index is 9.77. The van der Waals surface area contributed by atoms with Gasteiger partial charge in [0.15, 0.2) is 17.3 Å². The van der Waals surface area contributed by atoms with Crippen molar-refractivity contribution in [1.29, 1.82) is 0 Å². The number of hydrazone groups is 1. The summed E-state index contributed by atoms with van der Waals surface area (Å²) in [4.78, 5) is 11.0. The molecule has 0 unspecified atom stereocenters. The van der Waals surface area contributed by atoms with Crippen molar-refractivity contribution in [3.8, 4) is 11.5 Å². The molecule has 2 heterocycles. The fourth-order valence-corrected chi connectivity index (χ4v) is 4.06. The second-order valence-electron chi connectivity index (χ2n) is 5.34. The molecule has 23 heavy (non-hydrogen) atoms. The van der Waals surface area contributed by atoms with Gasteiger partial charge in [-0.25, -0.2) is 9.97 Å². The third-order valence-electron chi connectivity index (χ3n) is 3.92. The zero-order chi connectivity index (χ0) is 15.8. The Hall–Kier alpha value is -2.67. The minimum Gasteiger partial charge on any atom is -0.504 e. The summed E-state index contributed by atoms with van der Waals surface area (Å²) in [6.45, 7) is 0. The highest BCUT2D eigenvalue weighted by atomic mass is 32.1. The molecule has 3 N–H and O–H groups in total. The lowest BCUT2D eigenvalue weighted by Gasteiger charge is -2.03. The van der Waals surface area contributed by atoms with Gasteiger partial charge in [-0.3, -0.25) is 5.43 Å². The maximum Gasteiger partial charge on any atom is 0.166 e. The van der Waals surface area contributed by atoms with E-state index in [1.54, 1.807) is 23.5 Å². The molecule has 0 atom stereocenters. The molecule has 6 nitrogen and oxygen atoms in total. The molecule has 0 saturated carbocycles. The van der Waals surface area contributed by atoms with Gasteiger partial charge < -0.3 is 10.2 Å². The second-order valence-corrected chi connectivity index (χ2v) is 6.43. The Morgan fingerprint density at radius 2 is 2.13 bits per heavy atom. The second kappa shape index (κ2) is 5.51. The van der Waals surface area contributed by atoms with Crippen LogP contribution in [0, 0.1) is 0 Å². The number of nitrogens with one attached hydrogen (secondary N) is 1. The highest BCUT2D eigenvalue weighted by molar-refractivity contribution is 7.19. The standard InChI is InChI=1S/C16H14N4O2S/c21-11-5-1-3-9(14(11)22)7-19-20-15-13-10-4-2-6-12(10)23-16(13)18-8-17-15/h1,3,5,7-8,21-22H,2,4,6H2,(H,17,18,20)/b19-7+. The van der Waals surface area contributed by atoms with Gasteiger partial charge in [0.1, 0.15) is 11.2 Å². The van der Waals surface area contributed by atoms with E-state index in [1.165, 1.54) is 35.5 Å². The van der Waals surface area contributed by atoms with Gasteiger partial charge in [0.2, 0.25) is 0 Å². The van der Waals surface area contributed by atoms with Crippen LogP contribution < -0.4 is 5.43 Å². The van der Waals surface area contributed by atoms with Gasteiger partial charge in [0, 0.05) is 10.4 Å². The number of benzene rings is 1. The van der Waals surface area contributed by atoms with Gasteiger partial charge in [-0.2, -0.15) is 5.10 Å². The Kier molecular flexibility index (Phi) is 3.34. The van der Waals surface area contributed by atoms with Crippen LogP contribution in [0.15, 0.2) is 29.6 Å². The van der Waals surface area contributed by atoms with Crippen LogP contribution in [-0.4, -0.2) is 26.4 Å². The normalized spacial score (nSPS) is 13.7. The van der Waals surface area contributed by atoms with Crippen LogP contribution in [0.2, 0.25) is 0 Å². The average Bonchev–Trinajstić information content (AvgIpc) is 3.12. The van der Waals surface area contributed by atoms with Crippen molar-refractivity contribution < 1.29 is 10.2 Å². The van der Waals surface area contributed by atoms with Crippen LogP contribution in [-0.2, 0) is 12.8 Å². The van der Waals surface area contributed by atoms with Gasteiger partial charge in [-0.05, 0) is 37.0 Å². The lowest BCUT2D eigenvalue weighted by atomic mass is 10.2. The predicted molar refractivity (Wildman–Crippen MR) is 90.4 cm³/mol. The van der Waals surface area contributed by atoms with Gasteiger partial charge in [-0.15, -0.1) is 11.3 Å². The largest absolute Gasteiger partial charge is 0.504 e. The number of aromatic nitrogens is 2. The van der Waals surface area contributed by atoms with E-state index in [1.807, 2.05) is 0 Å². The molecule has 0 fully saturated rings. The molecule has 4 rings (SSSR count). The van der Waals surface area contributed by atoms with Crippen LogP contribution in [0.5, 0.6) is 11.5 Å². The molecule has 1 aromatic carbocycles. The van der Waals surface area contributed by atoms with E-state index in [-0.39, 0.29) is 11.5 Å². The van der Waals surface area contributed by atoms with Gasteiger partial charge in [0.05, 0.1) is 11.6 Å². The minimum absolute atomic E-state index is 0.172. The summed E-state index contributed by atoms with van der Waals surface area (Å²) < 4.78 is 0. The number of thiophene rings is 1. The highest BCUT2D eigenvalue weighted by Gasteiger charge is 2.20. The van der Waals surface area contributed by atoms with Crippen LogP contribution in [0.3, 0.4) is 0 Å². The van der Waals surface area contributed by atoms with Gasteiger partial charge >= 0.3 is 0 Å². The molecule has 1 aliphatic carbocycles. The Morgan fingerprint density at radius 3 is 3.04 bits per heavy atom. The minimum atomic E-state index is -0.192. The van der Waals surface area contributed by atoms with Crippen molar-refractivity contribution in [3.63, 3.8) is 0 Å². The Morgan fingerprint density at radius 1 is 1.22 bits per heavy atom. The molecule has 7 heteroatoms. The topological polar surface area (TPSA) is 90.6 Å². The zero-order valence-electron chi connectivity index (χ0n) is 12.2. The lowest BCUT2D eigenvalue weighted by Crippen LogP contribution is -1.96. The van der Waals surface area contributed by atoms with E-state index in [2.05, 4.69) is 20.5 Å². The Bertz CT molecular complexity index is 920. The number of nitrogens with zero attached hydrogens (tertiary/aromatic N) is 3. The van der Waals surface area contributed by atoms with E-state index in [9.17, 15) is 10.2 Å². The third-order valence-corrected chi connectivity index (χ3v) is 5.12. The molecular formula is C16H14N4O2S. The van der Waals surface area contributed by atoms with Crippen LogP contribution >= 0.6 is 11.3 Å². The number of hydrogen-bond acceptors (Lipinski definition) is 7. The summed E-state index contributed by atoms with van der Waals surface area (Å²) in [5.74, 6) is 0.307. The van der Waals surface area contributed by atoms with Crippen molar-refractivity contribution in [3.05, 3.63) is 40.5 Å². The number of para-hydroxylation sites is 1. The van der Waals surface area contributed by atoms with Gasteiger partial charge in [-0.1, -0.05) is 6.07 Å². The zero-order valence-corrected chi connectivity index (χ0v) is 13.0. The molecule has 1 aliphatic rings. The first-order chi connectivity index (χ1) is 11.2. The molecule has 0 aliphatic heterocycles. The molecule has 0 spiro atoms. The van der Waals surface area contributed by atoms with Crippen molar-refractivity contribution in [2.45, 2.75) is 19.3 Å². The number of hydrogen-bond donors (Lipinski definition) is 3. The van der Waals surface area contributed by atoms with E-state index in [0.717, 1.165) is 23.1 Å². The number of phenols is 2. The maximum absolute atomic E-state index is 9.77. The van der Waals surface area contributed by atoms with Crippen molar-refractivity contribution in [2.24, 2.45) is 5.10 Å². The van der Waals surface area contributed by atoms with E-state index >= 15 is 0 Å². The molecule has 116 valence electrons. The smallest absolute Gasteiger partial charge is 0.166 e. The van der Waals surface area contributed by atoms with Crippen molar-refractivity contribution >= 4 is 33.6 Å². The number of anilines is 1. The SMILES string of the molecule is Oc1cccc(/C=N/Nc2ncnc3sc4c(c23)CCC4)c1O. The van der Waals surface area contributed by atoms with Gasteiger partial charge in [0.25, 0.3) is 0 Å². The van der Waals surface area contributed by atoms with E-state index < -0.39 is 0 Å². The number of phenolic OH excluding ortho intramolecular Hbond substituents is 2. The molecule has 0 bridgehead atoms. The number of rotatable bonds is 3. The summed E-state index contributed by atoms with van der Waals surface area (Å²) >= 11 is 1.72. The van der Waals surface area contributed by atoms with Crippen LogP contribution in [0.1, 0.15) is 22.4 Å². The summed E-state index contributed by atoms with van der Waals surface area (Å²) in [6.07, 6.45) is 6.31. The molecule has 3 aromatic rings. The first kappa shape index (κ1) is 14.0. The lowest BCUT2D eigenvalue weighted by molar-refractivity contribution is 0.403. The summed E-state index contributed by atoms with van der Waals surface area (Å²) in [6, 6.07) is 4.73. The van der Waals surface area contributed by atoms with E-state index in [0.29, 0.717) is 11.4 Å². The number of aromatic hydroxyl groups is 2. The highest BCUT2D eigenvalue weighted by Crippen LogP contribution is 2.39. The molecule has 2 aromatic heterocycles. The Balaban J connectivity index is 1.66. The summed E-state index contributed by atoms with van der Waals surface area (Å²) in [7, 11) is 0. The average molecular weight is 326 g/mol. The number of aryl methyl sites for hydroxylation is 2. The van der Waals surface area contributed by atoms with Crippen molar-refractivity contribution in [2.75, 3.05) is 5.43 Å². The third kappa shape index (κ3) is 2.39. The first-order valence-corrected chi connectivity index (χ1v) is 8.11. The fourth-order valence-electron chi connectivity index (χ4n) is 2.83. The first-order valence-electron chi connectivity index (χ1n) is 7.29. The monoisotopic (exact) mass is 326 g/mol. The molecule has 0 saturated heterocycles. The molecule has 0 radical (unpaired) electrons. The number of fused-ring (bicyclic) bond motifs is 3. The Labute approximate surface area is 136 Å². The van der Waals surface area contributed by atoms with Crippen LogP contribution in [0.4, 0.5) is 5.82 Å². The fraction of sp³-hybridized carbons (Fsp3) is 0.188.